The first-order valence-electron chi connectivity index (χ1n) is 9.06. The lowest BCUT2D eigenvalue weighted by Crippen LogP contribution is -2.49. The number of halogens is 1. The van der Waals surface area contributed by atoms with Crippen LogP contribution in [0.5, 0.6) is 5.75 Å². The molecule has 0 saturated heterocycles. The van der Waals surface area contributed by atoms with E-state index in [0.717, 1.165) is 19.9 Å². The van der Waals surface area contributed by atoms with E-state index < -0.39 is 47.6 Å². The van der Waals surface area contributed by atoms with Gasteiger partial charge in [0.1, 0.15) is 12.4 Å². The molecule has 0 aliphatic carbocycles. The number of hydrogen-bond donors (Lipinski definition) is 0. The second kappa shape index (κ2) is 8.13. The number of fused-ring (bicyclic) bond motifs is 3. The van der Waals surface area contributed by atoms with E-state index in [1.807, 2.05) is 0 Å². The number of ether oxygens (including phenoxy) is 4. The third-order valence-electron chi connectivity index (χ3n) is 4.62. The quantitative estimate of drug-likeness (QED) is 0.540. The Morgan fingerprint density at radius 1 is 1.10 bits per heavy atom. The maximum absolute atomic E-state index is 13.8. The molecule has 0 radical (unpaired) electrons. The van der Waals surface area contributed by atoms with Gasteiger partial charge < -0.3 is 23.5 Å². The van der Waals surface area contributed by atoms with Gasteiger partial charge in [0.15, 0.2) is 24.1 Å². The van der Waals surface area contributed by atoms with Crippen LogP contribution in [0, 0.1) is 5.82 Å². The van der Waals surface area contributed by atoms with E-state index >= 15 is 0 Å². The summed E-state index contributed by atoms with van der Waals surface area (Å²) in [7, 11) is 1.44. The molecule has 2 aromatic rings. The molecule has 1 aromatic heterocycles. The zero-order valence-corrected chi connectivity index (χ0v) is 16.8. The summed E-state index contributed by atoms with van der Waals surface area (Å²) < 4.78 is 36.5. The molecule has 2 heterocycles. The van der Waals surface area contributed by atoms with Crippen molar-refractivity contribution in [3.63, 3.8) is 0 Å². The number of aromatic nitrogens is 1. The van der Waals surface area contributed by atoms with Gasteiger partial charge in [0.05, 0.1) is 11.1 Å². The first kappa shape index (κ1) is 21.3. The molecule has 1 aliphatic heterocycles. The van der Waals surface area contributed by atoms with Crippen LogP contribution in [0.25, 0.3) is 10.9 Å². The topological polar surface area (TPSA) is 110 Å². The van der Waals surface area contributed by atoms with Gasteiger partial charge in [0.25, 0.3) is 5.56 Å². The minimum atomic E-state index is -1.24. The molecule has 0 bridgehead atoms. The van der Waals surface area contributed by atoms with Crippen molar-refractivity contribution < 1.29 is 37.7 Å². The number of aryl methyl sites for hydroxylation is 1. The van der Waals surface area contributed by atoms with Crippen LogP contribution in [-0.4, -0.2) is 41.3 Å². The fraction of sp³-hybridized carbons (Fsp3) is 0.400. The smallest absolute Gasteiger partial charge is 0.303 e. The lowest BCUT2D eigenvalue weighted by molar-refractivity contribution is -0.182. The zero-order chi connectivity index (χ0) is 22.2. The third-order valence-corrected chi connectivity index (χ3v) is 4.62. The van der Waals surface area contributed by atoms with E-state index in [-0.39, 0.29) is 23.4 Å². The molecule has 160 valence electrons. The van der Waals surface area contributed by atoms with E-state index in [4.69, 9.17) is 18.9 Å². The molecule has 0 unspecified atom stereocenters. The molecule has 0 saturated carbocycles. The lowest BCUT2D eigenvalue weighted by Gasteiger charge is -2.38. The van der Waals surface area contributed by atoms with Crippen LogP contribution >= 0.6 is 0 Å². The molecule has 1 aliphatic rings. The number of carbonyl (C=O) groups excluding carboxylic acids is 3. The number of hydrogen-bond acceptors (Lipinski definition) is 8. The monoisotopic (exact) mass is 421 g/mol. The van der Waals surface area contributed by atoms with E-state index in [9.17, 15) is 23.6 Å². The predicted octanol–water partition coefficient (Wildman–Crippen LogP) is 1.54. The van der Waals surface area contributed by atoms with Gasteiger partial charge in [-0.2, -0.15) is 0 Å². The van der Waals surface area contributed by atoms with Crippen molar-refractivity contribution in [1.29, 1.82) is 0 Å². The van der Waals surface area contributed by atoms with Crippen molar-refractivity contribution in [1.82, 2.24) is 4.57 Å². The van der Waals surface area contributed by atoms with Gasteiger partial charge in [0, 0.05) is 33.2 Å². The fourth-order valence-electron chi connectivity index (χ4n) is 3.45. The van der Waals surface area contributed by atoms with Crippen molar-refractivity contribution in [2.75, 3.05) is 6.61 Å². The van der Waals surface area contributed by atoms with Crippen molar-refractivity contribution in [3.8, 4) is 5.75 Å². The Labute approximate surface area is 170 Å². The summed E-state index contributed by atoms with van der Waals surface area (Å²) in [4.78, 5) is 47.8. The first-order chi connectivity index (χ1) is 14.1. The highest BCUT2D eigenvalue weighted by Crippen LogP contribution is 2.41. The molecule has 0 spiro atoms. The van der Waals surface area contributed by atoms with Crippen LogP contribution in [0.3, 0.4) is 0 Å². The van der Waals surface area contributed by atoms with Crippen LogP contribution < -0.4 is 10.3 Å². The summed E-state index contributed by atoms with van der Waals surface area (Å²) in [5.41, 5.74) is -0.234. The predicted molar refractivity (Wildman–Crippen MR) is 100 cm³/mol. The summed E-state index contributed by atoms with van der Waals surface area (Å²) >= 11 is 0. The second-order valence-corrected chi connectivity index (χ2v) is 6.83. The minimum absolute atomic E-state index is 0.147. The fourth-order valence-corrected chi connectivity index (χ4v) is 3.45. The van der Waals surface area contributed by atoms with Crippen LogP contribution in [0.4, 0.5) is 4.39 Å². The highest BCUT2D eigenvalue weighted by atomic mass is 19.1. The number of esters is 3. The maximum Gasteiger partial charge on any atom is 0.303 e. The molecule has 0 N–H and O–H groups in total. The van der Waals surface area contributed by atoms with E-state index in [0.29, 0.717) is 5.39 Å². The van der Waals surface area contributed by atoms with Gasteiger partial charge in [-0.3, -0.25) is 19.2 Å². The van der Waals surface area contributed by atoms with E-state index in [1.54, 1.807) is 0 Å². The van der Waals surface area contributed by atoms with Crippen LogP contribution in [0.15, 0.2) is 23.0 Å². The Balaban J connectivity index is 2.28. The summed E-state index contributed by atoms with van der Waals surface area (Å²) in [6.07, 6.45) is -3.56. The lowest BCUT2D eigenvalue weighted by atomic mass is 9.93. The summed E-state index contributed by atoms with van der Waals surface area (Å²) in [6.45, 7) is 3.14. The largest absolute Gasteiger partial charge is 0.477 e. The van der Waals surface area contributed by atoms with Crippen molar-refractivity contribution >= 4 is 28.8 Å². The molecule has 9 nitrogen and oxygen atoms in total. The maximum atomic E-state index is 13.8. The number of benzene rings is 1. The van der Waals surface area contributed by atoms with E-state index in [2.05, 4.69) is 0 Å². The van der Waals surface area contributed by atoms with Crippen LogP contribution in [0.1, 0.15) is 32.4 Å². The van der Waals surface area contributed by atoms with Crippen molar-refractivity contribution in [2.45, 2.75) is 39.1 Å². The summed E-state index contributed by atoms with van der Waals surface area (Å²) in [5.74, 6) is -2.74. The molecule has 3 rings (SSSR count). The van der Waals surface area contributed by atoms with Crippen LogP contribution in [0.2, 0.25) is 0 Å². The number of nitrogens with zero attached hydrogens (tertiary/aromatic N) is 1. The molecular formula is C20H20FNO8. The Morgan fingerprint density at radius 3 is 2.37 bits per heavy atom. The first-order valence-corrected chi connectivity index (χ1v) is 9.06. The van der Waals surface area contributed by atoms with Gasteiger partial charge in [-0.25, -0.2) is 4.39 Å². The molecule has 1 aromatic carbocycles. The summed E-state index contributed by atoms with van der Waals surface area (Å²) in [6, 6.07) is 3.76. The van der Waals surface area contributed by atoms with Crippen molar-refractivity contribution in [3.05, 3.63) is 39.9 Å². The van der Waals surface area contributed by atoms with Crippen LogP contribution in [-0.2, 0) is 35.6 Å². The second-order valence-electron chi connectivity index (χ2n) is 6.83. The number of rotatable bonds is 4. The Bertz CT molecular complexity index is 1090. The van der Waals surface area contributed by atoms with Gasteiger partial charge in [0.2, 0.25) is 0 Å². The Kier molecular flexibility index (Phi) is 5.77. The van der Waals surface area contributed by atoms with Gasteiger partial charge in [-0.05, 0) is 18.2 Å². The number of carbonyl (C=O) groups is 3. The Morgan fingerprint density at radius 2 is 1.77 bits per heavy atom. The SMILES string of the molecule is CC(=O)OC[C@H]1Oc2c(c3ccc(F)cc3n(C)c2=O)[C@@H](OC(C)=O)[C@@H]1OC(C)=O. The average molecular weight is 421 g/mol. The van der Waals surface area contributed by atoms with Gasteiger partial charge in [-0.15, -0.1) is 0 Å². The van der Waals surface area contributed by atoms with E-state index in [1.165, 1.54) is 30.7 Å². The average Bonchev–Trinajstić information content (AvgIpc) is 2.65. The zero-order valence-electron chi connectivity index (χ0n) is 16.8. The molecule has 30 heavy (non-hydrogen) atoms. The molecular weight excluding hydrogens is 401 g/mol. The minimum Gasteiger partial charge on any atom is -0.477 e. The normalized spacial score (nSPS) is 20.1. The highest BCUT2D eigenvalue weighted by molar-refractivity contribution is 5.86. The standard InChI is InChI=1S/C20H20FNO8/c1-9(23)27-8-15-17(28-10(2)24)18(29-11(3)25)16-13-6-5-12(21)7-14(13)22(4)20(26)19(16)30-15/h5-7,15,17-18H,8H2,1-4H3/t15-,17-,18-/m1/s1. The molecule has 0 amide bonds. The van der Waals surface area contributed by atoms with Gasteiger partial charge >= 0.3 is 17.9 Å². The summed E-state index contributed by atoms with van der Waals surface area (Å²) in [5, 5.41) is 0.378. The van der Waals surface area contributed by atoms with Crippen molar-refractivity contribution in [2.24, 2.45) is 7.05 Å². The Hall–Kier alpha value is -3.43. The molecule has 0 fully saturated rings. The highest BCUT2D eigenvalue weighted by Gasteiger charge is 2.46. The number of pyridine rings is 1. The van der Waals surface area contributed by atoms with Gasteiger partial charge in [-0.1, -0.05) is 0 Å². The molecule has 3 atom stereocenters. The third kappa shape index (κ3) is 3.98. The molecule has 10 heteroatoms.